The average molecular weight is 365 g/mol. The van der Waals surface area contributed by atoms with Gasteiger partial charge in [-0.25, -0.2) is 0 Å². The fourth-order valence-corrected chi connectivity index (χ4v) is 4.51. The molecule has 1 aromatic carbocycles. The summed E-state index contributed by atoms with van der Waals surface area (Å²) < 4.78 is 2.36. The van der Waals surface area contributed by atoms with Gasteiger partial charge in [-0.15, -0.1) is 11.3 Å². The highest BCUT2D eigenvalue weighted by molar-refractivity contribution is 7.09. The van der Waals surface area contributed by atoms with Gasteiger partial charge in [-0.2, -0.15) is 0 Å². The van der Waals surface area contributed by atoms with Gasteiger partial charge >= 0.3 is 0 Å². The van der Waals surface area contributed by atoms with Gasteiger partial charge in [0.2, 0.25) is 0 Å². The standard InChI is InChI=1S/C22H24N2OS/c1-15-5-10-21-18(12-15)13-16(2)24(21)19-8-6-17(7-9-19)22(25)23-14-20-4-3-11-26-20/h3-4,6-9,11,13,15H,5,10,12,14H2,1-2H3,(H,23,25)/t15-/m0/s1. The van der Waals surface area contributed by atoms with Crippen LogP contribution in [0, 0.1) is 12.8 Å². The third-order valence-electron chi connectivity index (χ3n) is 5.21. The van der Waals surface area contributed by atoms with E-state index in [-0.39, 0.29) is 5.91 Å². The van der Waals surface area contributed by atoms with Crippen LogP contribution in [0.1, 0.15) is 45.5 Å². The molecule has 0 fully saturated rings. The maximum Gasteiger partial charge on any atom is 0.251 e. The second-order valence-corrected chi connectivity index (χ2v) is 8.28. The number of carbonyl (C=O) groups is 1. The highest BCUT2D eigenvalue weighted by atomic mass is 32.1. The van der Waals surface area contributed by atoms with Crippen molar-refractivity contribution in [1.82, 2.24) is 9.88 Å². The summed E-state index contributed by atoms with van der Waals surface area (Å²) in [6, 6.07) is 14.3. The number of thiophene rings is 1. The van der Waals surface area contributed by atoms with E-state index in [4.69, 9.17) is 0 Å². The molecule has 2 aromatic heterocycles. The van der Waals surface area contributed by atoms with E-state index in [1.807, 2.05) is 29.6 Å². The summed E-state index contributed by atoms with van der Waals surface area (Å²) in [6.45, 7) is 5.09. The van der Waals surface area contributed by atoms with Crippen LogP contribution in [0.3, 0.4) is 0 Å². The molecule has 0 bridgehead atoms. The Morgan fingerprint density at radius 3 is 2.81 bits per heavy atom. The third-order valence-corrected chi connectivity index (χ3v) is 6.09. The first-order valence-corrected chi connectivity index (χ1v) is 10.1. The Morgan fingerprint density at radius 2 is 2.08 bits per heavy atom. The highest BCUT2D eigenvalue weighted by Gasteiger charge is 2.21. The molecule has 3 aromatic rings. The van der Waals surface area contributed by atoms with Crippen LogP contribution in [0.4, 0.5) is 0 Å². The van der Waals surface area contributed by atoms with E-state index < -0.39 is 0 Å². The van der Waals surface area contributed by atoms with Crippen molar-refractivity contribution in [1.29, 1.82) is 0 Å². The van der Waals surface area contributed by atoms with Gasteiger partial charge in [0.25, 0.3) is 5.91 Å². The van der Waals surface area contributed by atoms with E-state index in [1.165, 1.54) is 34.7 Å². The number of carbonyl (C=O) groups excluding carboxylic acids is 1. The zero-order chi connectivity index (χ0) is 18.1. The second-order valence-electron chi connectivity index (χ2n) is 7.25. The Kier molecular flexibility index (Phi) is 4.68. The molecule has 26 heavy (non-hydrogen) atoms. The summed E-state index contributed by atoms with van der Waals surface area (Å²) in [6.07, 6.45) is 3.55. The molecule has 4 heteroatoms. The molecule has 1 aliphatic carbocycles. The van der Waals surface area contributed by atoms with E-state index >= 15 is 0 Å². The molecule has 0 aliphatic heterocycles. The Balaban J connectivity index is 1.52. The summed E-state index contributed by atoms with van der Waals surface area (Å²) in [5.41, 5.74) is 6.05. The first-order chi connectivity index (χ1) is 12.6. The molecule has 2 heterocycles. The number of aryl methyl sites for hydroxylation is 1. The molecule has 1 aliphatic rings. The lowest BCUT2D eigenvalue weighted by Crippen LogP contribution is -2.22. The maximum absolute atomic E-state index is 12.4. The van der Waals surface area contributed by atoms with Crippen LogP contribution in [0.25, 0.3) is 5.69 Å². The fraction of sp³-hybridized carbons (Fsp3) is 0.318. The van der Waals surface area contributed by atoms with Crippen molar-refractivity contribution in [2.75, 3.05) is 0 Å². The van der Waals surface area contributed by atoms with Crippen LogP contribution in [0.15, 0.2) is 47.8 Å². The lowest BCUT2D eigenvalue weighted by atomic mass is 9.89. The lowest BCUT2D eigenvalue weighted by molar-refractivity contribution is 0.0951. The molecular weight excluding hydrogens is 340 g/mol. The number of hydrogen-bond donors (Lipinski definition) is 1. The Bertz CT molecular complexity index is 907. The van der Waals surface area contributed by atoms with Gasteiger partial charge in [0.15, 0.2) is 0 Å². The average Bonchev–Trinajstić information content (AvgIpc) is 3.26. The van der Waals surface area contributed by atoms with E-state index in [0.717, 1.165) is 18.0 Å². The summed E-state index contributed by atoms with van der Waals surface area (Å²) in [5, 5.41) is 5.01. The first-order valence-electron chi connectivity index (χ1n) is 9.23. The molecule has 134 valence electrons. The van der Waals surface area contributed by atoms with Crippen molar-refractivity contribution in [2.24, 2.45) is 5.92 Å². The SMILES string of the molecule is Cc1cc2c(n1-c1ccc(C(=O)NCc3cccs3)cc1)CC[C@H](C)C2. The number of aromatic nitrogens is 1. The largest absolute Gasteiger partial charge is 0.347 e. The summed E-state index contributed by atoms with van der Waals surface area (Å²) in [5.74, 6) is 0.747. The molecule has 3 nitrogen and oxygen atoms in total. The van der Waals surface area contributed by atoms with Gasteiger partial charge in [-0.05, 0) is 79.4 Å². The maximum atomic E-state index is 12.4. The number of benzene rings is 1. The van der Waals surface area contributed by atoms with Crippen molar-refractivity contribution < 1.29 is 4.79 Å². The number of nitrogens with zero attached hydrogens (tertiary/aromatic N) is 1. The number of rotatable bonds is 4. The number of hydrogen-bond acceptors (Lipinski definition) is 2. The van der Waals surface area contributed by atoms with E-state index in [1.54, 1.807) is 11.3 Å². The van der Waals surface area contributed by atoms with Gasteiger partial charge in [0, 0.05) is 27.5 Å². The Labute approximate surface area is 158 Å². The molecule has 1 amide bonds. The summed E-state index contributed by atoms with van der Waals surface area (Å²) >= 11 is 1.66. The summed E-state index contributed by atoms with van der Waals surface area (Å²) in [4.78, 5) is 13.5. The van der Waals surface area contributed by atoms with Gasteiger partial charge in [0.05, 0.1) is 6.54 Å². The summed E-state index contributed by atoms with van der Waals surface area (Å²) in [7, 11) is 0. The van der Waals surface area contributed by atoms with Crippen molar-refractivity contribution >= 4 is 17.2 Å². The minimum atomic E-state index is -0.0231. The van der Waals surface area contributed by atoms with Crippen molar-refractivity contribution in [3.63, 3.8) is 0 Å². The molecule has 0 saturated heterocycles. The van der Waals surface area contributed by atoms with Crippen LogP contribution >= 0.6 is 11.3 Å². The van der Waals surface area contributed by atoms with Crippen molar-refractivity contribution in [3.8, 4) is 5.69 Å². The lowest BCUT2D eigenvalue weighted by Gasteiger charge is -2.21. The fourth-order valence-electron chi connectivity index (χ4n) is 3.87. The Morgan fingerprint density at radius 1 is 1.27 bits per heavy atom. The normalized spacial score (nSPS) is 16.3. The van der Waals surface area contributed by atoms with E-state index in [2.05, 4.69) is 41.9 Å². The van der Waals surface area contributed by atoms with Crippen molar-refractivity contribution in [3.05, 3.63) is 75.2 Å². The molecular formula is C22H24N2OS. The van der Waals surface area contributed by atoms with Crippen LogP contribution in [0.5, 0.6) is 0 Å². The Hall–Kier alpha value is -2.33. The zero-order valence-corrected chi connectivity index (χ0v) is 16.1. The highest BCUT2D eigenvalue weighted by Crippen LogP contribution is 2.30. The minimum Gasteiger partial charge on any atom is -0.347 e. The van der Waals surface area contributed by atoms with E-state index in [9.17, 15) is 4.79 Å². The predicted octanol–water partition coefficient (Wildman–Crippen LogP) is 4.90. The number of fused-ring (bicyclic) bond motifs is 1. The van der Waals surface area contributed by atoms with Crippen LogP contribution in [-0.4, -0.2) is 10.5 Å². The van der Waals surface area contributed by atoms with Crippen LogP contribution < -0.4 is 5.32 Å². The number of nitrogens with one attached hydrogen (secondary N) is 1. The molecule has 1 atom stereocenters. The van der Waals surface area contributed by atoms with Crippen LogP contribution in [0.2, 0.25) is 0 Å². The smallest absolute Gasteiger partial charge is 0.251 e. The first kappa shape index (κ1) is 17.1. The molecule has 0 spiro atoms. The van der Waals surface area contributed by atoms with Crippen molar-refractivity contribution in [2.45, 2.75) is 39.7 Å². The minimum absolute atomic E-state index is 0.0231. The van der Waals surface area contributed by atoms with Gasteiger partial charge in [-0.1, -0.05) is 13.0 Å². The quantitative estimate of drug-likeness (QED) is 0.702. The third kappa shape index (κ3) is 3.34. The molecule has 1 N–H and O–H groups in total. The van der Waals surface area contributed by atoms with Gasteiger partial charge in [0.1, 0.15) is 0 Å². The second kappa shape index (κ2) is 7.12. The van der Waals surface area contributed by atoms with Gasteiger partial charge < -0.3 is 9.88 Å². The number of amides is 1. The monoisotopic (exact) mass is 364 g/mol. The molecule has 0 saturated carbocycles. The predicted molar refractivity (Wildman–Crippen MR) is 107 cm³/mol. The molecule has 0 unspecified atom stereocenters. The van der Waals surface area contributed by atoms with E-state index in [0.29, 0.717) is 12.1 Å². The molecule has 0 radical (unpaired) electrons. The van der Waals surface area contributed by atoms with Gasteiger partial charge in [-0.3, -0.25) is 4.79 Å². The molecule has 4 rings (SSSR count). The van der Waals surface area contributed by atoms with Crippen LogP contribution in [-0.2, 0) is 19.4 Å². The zero-order valence-electron chi connectivity index (χ0n) is 15.3. The topological polar surface area (TPSA) is 34.0 Å².